The third-order valence-electron chi connectivity index (χ3n) is 2.78. The van der Waals surface area contributed by atoms with Gasteiger partial charge in [-0.15, -0.1) is 11.6 Å². The molecule has 1 aliphatic rings. The molecule has 0 bridgehead atoms. The summed E-state index contributed by atoms with van der Waals surface area (Å²) >= 11 is 5.80. The molecule has 0 spiro atoms. The maximum atomic E-state index is 5.80. The fourth-order valence-electron chi connectivity index (χ4n) is 2.01. The zero-order valence-corrected chi connectivity index (χ0v) is 8.10. The van der Waals surface area contributed by atoms with E-state index in [9.17, 15) is 0 Å². The summed E-state index contributed by atoms with van der Waals surface area (Å²) in [6.07, 6.45) is 4.31. The Labute approximate surface area is 74.1 Å². The molecule has 0 aromatic carbocycles. The molecule has 0 amide bonds. The van der Waals surface area contributed by atoms with Crippen molar-refractivity contribution in [2.75, 3.05) is 13.0 Å². The number of methoxy groups -OCH3 is 1. The van der Waals surface area contributed by atoms with Crippen LogP contribution in [0.4, 0.5) is 0 Å². The van der Waals surface area contributed by atoms with Gasteiger partial charge in [0.1, 0.15) is 0 Å². The standard InChI is InChI=1S/C9H17ClO/c1-7(6-10)8-4-3-5-9(8)11-2/h7-9H,3-6H2,1-2H3. The zero-order valence-electron chi connectivity index (χ0n) is 7.35. The van der Waals surface area contributed by atoms with Crippen LogP contribution in [-0.2, 0) is 4.74 Å². The minimum Gasteiger partial charge on any atom is -0.381 e. The molecule has 66 valence electrons. The Morgan fingerprint density at radius 2 is 2.27 bits per heavy atom. The number of hydrogen-bond acceptors (Lipinski definition) is 1. The van der Waals surface area contributed by atoms with Gasteiger partial charge in [-0.2, -0.15) is 0 Å². The van der Waals surface area contributed by atoms with E-state index in [2.05, 4.69) is 6.92 Å². The molecule has 3 atom stereocenters. The van der Waals surface area contributed by atoms with E-state index in [-0.39, 0.29) is 0 Å². The highest BCUT2D eigenvalue weighted by atomic mass is 35.5. The number of rotatable bonds is 3. The van der Waals surface area contributed by atoms with Crippen LogP contribution < -0.4 is 0 Å². The Morgan fingerprint density at radius 1 is 1.55 bits per heavy atom. The van der Waals surface area contributed by atoms with Crippen LogP contribution in [0.15, 0.2) is 0 Å². The van der Waals surface area contributed by atoms with Crippen LogP contribution in [0.25, 0.3) is 0 Å². The molecule has 0 N–H and O–H groups in total. The second kappa shape index (κ2) is 4.32. The lowest BCUT2D eigenvalue weighted by molar-refractivity contribution is 0.0547. The van der Waals surface area contributed by atoms with Crippen LogP contribution >= 0.6 is 11.6 Å². The number of hydrogen-bond donors (Lipinski definition) is 0. The lowest BCUT2D eigenvalue weighted by Gasteiger charge is -2.22. The van der Waals surface area contributed by atoms with Crippen LogP contribution in [-0.4, -0.2) is 19.1 Å². The van der Waals surface area contributed by atoms with E-state index in [0.29, 0.717) is 17.9 Å². The van der Waals surface area contributed by atoms with Gasteiger partial charge in [0.25, 0.3) is 0 Å². The molecule has 0 radical (unpaired) electrons. The molecule has 0 aromatic heterocycles. The van der Waals surface area contributed by atoms with Crippen molar-refractivity contribution in [1.29, 1.82) is 0 Å². The molecule has 1 nitrogen and oxygen atoms in total. The summed E-state index contributed by atoms with van der Waals surface area (Å²) in [6.45, 7) is 2.22. The quantitative estimate of drug-likeness (QED) is 0.601. The van der Waals surface area contributed by atoms with E-state index in [1.807, 2.05) is 7.11 Å². The van der Waals surface area contributed by atoms with Gasteiger partial charge >= 0.3 is 0 Å². The highest BCUT2D eigenvalue weighted by Crippen LogP contribution is 2.33. The smallest absolute Gasteiger partial charge is 0.0602 e. The highest BCUT2D eigenvalue weighted by Gasteiger charge is 2.30. The molecule has 1 saturated carbocycles. The maximum Gasteiger partial charge on any atom is 0.0602 e. The first-order valence-electron chi connectivity index (χ1n) is 4.38. The van der Waals surface area contributed by atoms with E-state index in [1.165, 1.54) is 19.3 Å². The van der Waals surface area contributed by atoms with Gasteiger partial charge in [-0.1, -0.05) is 13.3 Å². The Balaban J connectivity index is 2.42. The number of ether oxygens (including phenoxy) is 1. The number of halogens is 1. The van der Waals surface area contributed by atoms with Gasteiger partial charge < -0.3 is 4.74 Å². The van der Waals surface area contributed by atoms with Gasteiger partial charge in [-0.05, 0) is 24.7 Å². The normalized spacial score (nSPS) is 34.1. The van der Waals surface area contributed by atoms with E-state index in [0.717, 1.165) is 5.88 Å². The summed E-state index contributed by atoms with van der Waals surface area (Å²) in [4.78, 5) is 0. The molecule has 1 aliphatic carbocycles. The second-order valence-corrected chi connectivity index (χ2v) is 3.81. The highest BCUT2D eigenvalue weighted by molar-refractivity contribution is 6.18. The minimum atomic E-state index is 0.476. The van der Waals surface area contributed by atoms with Crippen molar-refractivity contribution >= 4 is 11.6 Å². The van der Waals surface area contributed by atoms with Crippen molar-refractivity contribution in [3.8, 4) is 0 Å². The summed E-state index contributed by atoms with van der Waals surface area (Å²) < 4.78 is 5.39. The van der Waals surface area contributed by atoms with E-state index >= 15 is 0 Å². The molecule has 0 aliphatic heterocycles. The third kappa shape index (κ3) is 2.09. The molecule has 2 heteroatoms. The van der Waals surface area contributed by atoms with E-state index in [4.69, 9.17) is 16.3 Å². The number of alkyl halides is 1. The van der Waals surface area contributed by atoms with E-state index < -0.39 is 0 Å². The lowest BCUT2D eigenvalue weighted by Crippen LogP contribution is -2.23. The Kier molecular flexibility index (Phi) is 3.67. The molecular formula is C9H17ClO. The summed E-state index contributed by atoms with van der Waals surface area (Å²) in [6, 6.07) is 0. The largest absolute Gasteiger partial charge is 0.381 e. The molecule has 0 aromatic rings. The summed E-state index contributed by atoms with van der Waals surface area (Å²) in [5.74, 6) is 2.09. The first-order valence-corrected chi connectivity index (χ1v) is 4.91. The Hall–Kier alpha value is 0.250. The van der Waals surface area contributed by atoms with Gasteiger partial charge in [0.2, 0.25) is 0 Å². The minimum absolute atomic E-state index is 0.476. The van der Waals surface area contributed by atoms with Crippen LogP contribution in [0.3, 0.4) is 0 Å². The zero-order chi connectivity index (χ0) is 8.27. The van der Waals surface area contributed by atoms with Gasteiger partial charge in [-0.25, -0.2) is 0 Å². The van der Waals surface area contributed by atoms with E-state index in [1.54, 1.807) is 0 Å². The van der Waals surface area contributed by atoms with Crippen molar-refractivity contribution in [3.05, 3.63) is 0 Å². The second-order valence-electron chi connectivity index (χ2n) is 3.50. The molecule has 1 rings (SSSR count). The molecule has 3 unspecified atom stereocenters. The van der Waals surface area contributed by atoms with Gasteiger partial charge in [0, 0.05) is 13.0 Å². The van der Waals surface area contributed by atoms with Crippen molar-refractivity contribution in [2.24, 2.45) is 11.8 Å². The summed E-state index contributed by atoms with van der Waals surface area (Å²) in [7, 11) is 1.81. The topological polar surface area (TPSA) is 9.23 Å². The van der Waals surface area contributed by atoms with Crippen LogP contribution in [0, 0.1) is 11.8 Å². The van der Waals surface area contributed by atoms with Crippen molar-refractivity contribution < 1.29 is 4.74 Å². The average Bonchev–Trinajstić information content (AvgIpc) is 2.50. The monoisotopic (exact) mass is 176 g/mol. The average molecular weight is 177 g/mol. The van der Waals surface area contributed by atoms with Crippen molar-refractivity contribution in [1.82, 2.24) is 0 Å². The first kappa shape index (κ1) is 9.34. The fraction of sp³-hybridized carbons (Fsp3) is 1.00. The molecule has 0 heterocycles. The predicted octanol–water partition coefficient (Wildman–Crippen LogP) is 2.68. The predicted molar refractivity (Wildman–Crippen MR) is 48.0 cm³/mol. The molecule has 11 heavy (non-hydrogen) atoms. The maximum absolute atomic E-state index is 5.80. The third-order valence-corrected chi connectivity index (χ3v) is 3.27. The Morgan fingerprint density at radius 3 is 2.82 bits per heavy atom. The fourth-order valence-corrected chi connectivity index (χ4v) is 2.24. The van der Waals surface area contributed by atoms with Crippen molar-refractivity contribution in [2.45, 2.75) is 32.3 Å². The molecule has 1 fully saturated rings. The summed E-state index contributed by atoms with van der Waals surface area (Å²) in [5.41, 5.74) is 0. The van der Waals surface area contributed by atoms with Crippen LogP contribution in [0.5, 0.6) is 0 Å². The molecule has 0 saturated heterocycles. The van der Waals surface area contributed by atoms with Gasteiger partial charge in [-0.3, -0.25) is 0 Å². The van der Waals surface area contributed by atoms with Gasteiger partial charge in [0.15, 0.2) is 0 Å². The Bertz CT molecular complexity index is 116. The van der Waals surface area contributed by atoms with Gasteiger partial charge in [0.05, 0.1) is 6.10 Å². The lowest BCUT2D eigenvalue weighted by atomic mass is 9.92. The SMILES string of the molecule is COC1CCCC1C(C)CCl. The van der Waals surface area contributed by atoms with Crippen molar-refractivity contribution in [3.63, 3.8) is 0 Å². The van der Waals surface area contributed by atoms with Crippen LogP contribution in [0.2, 0.25) is 0 Å². The summed E-state index contributed by atoms with van der Waals surface area (Å²) in [5, 5.41) is 0. The van der Waals surface area contributed by atoms with Crippen LogP contribution in [0.1, 0.15) is 26.2 Å². The molecular weight excluding hydrogens is 160 g/mol. The first-order chi connectivity index (χ1) is 5.29.